The van der Waals surface area contributed by atoms with Gasteiger partial charge in [-0.15, -0.1) is 0 Å². The Kier molecular flexibility index (Phi) is 5.78. The van der Waals surface area contributed by atoms with Gasteiger partial charge in [-0.25, -0.2) is 4.79 Å². The Morgan fingerprint density at radius 3 is 2.64 bits per heavy atom. The molecule has 3 rings (SSSR count). The molecule has 0 aromatic heterocycles. The number of nitrogens with zero attached hydrogens (tertiary/aromatic N) is 2. The van der Waals surface area contributed by atoms with E-state index in [0.29, 0.717) is 29.2 Å². The number of nitrogens with one attached hydrogen (secondary N) is 1. The molecule has 1 fully saturated rings. The quantitative estimate of drug-likeness (QED) is 0.801. The standard InChI is InChI=1S/C21H22ClN3O3/c1-21(2,27)15-4-6-16(7-5-15)24-20(26)28-18-9-10-25(13-18)17-8-3-14(12-23)19(22)11-17/h3-8,11,18,27H,9-10,13H2,1-2H3,(H,24,26)/t18-/m1/s1. The zero-order chi connectivity index (χ0) is 20.3. The highest BCUT2D eigenvalue weighted by Crippen LogP contribution is 2.27. The summed E-state index contributed by atoms with van der Waals surface area (Å²) < 4.78 is 5.51. The van der Waals surface area contributed by atoms with E-state index in [1.54, 1.807) is 50.2 Å². The first kappa shape index (κ1) is 20.0. The van der Waals surface area contributed by atoms with Crippen LogP contribution < -0.4 is 10.2 Å². The molecule has 146 valence electrons. The average Bonchev–Trinajstić information content (AvgIpc) is 3.09. The van der Waals surface area contributed by atoms with Gasteiger partial charge in [-0.2, -0.15) is 5.26 Å². The molecule has 2 aromatic rings. The summed E-state index contributed by atoms with van der Waals surface area (Å²) >= 11 is 6.10. The van der Waals surface area contributed by atoms with E-state index in [4.69, 9.17) is 21.6 Å². The molecule has 0 aliphatic carbocycles. The fourth-order valence-corrected chi connectivity index (χ4v) is 3.33. The largest absolute Gasteiger partial charge is 0.444 e. The highest BCUT2D eigenvalue weighted by Gasteiger charge is 2.26. The van der Waals surface area contributed by atoms with Crippen LogP contribution in [0.25, 0.3) is 0 Å². The number of hydrogen-bond donors (Lipinski definition) is 2. The highest BCUT2D eigenvalue weighted by molar-refractivity contribution is 6.32. The Balaban J connectivity index is 1.54. The van der Waals surface area contributed by atoms with Gasteiger partial charge >= 0.3 is 6.09 Å². The molecule has 28 heavy (non-hydrogen) atoms. The Morgan fingerprint density at radius 1 is 1.32 bits per heavy atom. The van der Waals surface area contributed by atoms with Crippen molar-refractivity contribution in [2.75, 3.05) is 23.3 Å². The van der Waals surface area contributed by atoms with Crippen LogP contribution in [-0.2, 0) is 10.3 Å². The van der Waals surface area contributed by atoms with Gasteiger partial charge in [0.2, 0.25) is 0 Å². The van der Waals surface area contributed by atoms with Gasteiger partial charge in [-0.3, -0.25) is 5.32 Å². The summed E-state index contributed by atoms with van der Waals surface area (Å²) in [7, 11) is 0. The predicted molar refractivity (Wildman–Crippen MR) is 109 cm³/mol. The van der Waals surface area contributed by atoms with E-state index >= 15 is 0 Å². The maximum atomic E-state index is 12.2. The van der Waals surface area contributed by atoms with Crippen LogP contribution in [0, 0.1) is 11.3 Å². The normalized spacial score (nSPS) is 16.5. The van der Waals surface area contributed by atoms with Crippen LogP contribution in [0.1, 0.15) is 31.4 Å². The van der Waals surface area contributed by atoms with Crippen LogP contribution in [0.3, 0.4) is 0 Å². The lowest BCUT2D eigenvalue weighted by molar-refractivity contribution is 0.0786. The van der Waals surface area contributed by atoms with Gasteiger partial charge in [-0.1, -0.05) is 23.7 Å². The summed E-state index contributed by atoms with van der Waals surface area (Å²) in [5.74, 6) is 0. The minimum atomic E-state index is -0.930. The number of anilines is 2. The number of halogens is 1. The summed E-state index contributed by atoms with van der Waals surface area (Å²) in [6.07, 6.45) is -0.0336. The van der Waals surface area contributed by atoms with Gasteiger partial charge in [0, 0.05) is 24.3 Å². The van der Waals surface area contributed by atoms with Crippen LogP contribution >= 0.6 is 11.6 Å². The number of carbonyl (C=O) groups is 1. The van der Waals surface area contributed by atoms with Gasteiger partial charge in [-0.05, 0) is 49.7 Å². The van der Waals surface area contributed by atoms with Crippen molar-refractivity contribution in [1.82, 2.24) is 0 Å². The third-order valence-electron chi connectivity index (χ3n) is 4.69. The van der Waals surface area contributed by atoms with E-state index in [2.05, 4.69) is 10.2 Å². The molecule has 2 aromatic carbocycles. The van der Waals surface area contributed by atoms with Crippen molar-refractivity contribution in [2.45, 2.75) is 32.0 Å². The zero-order valence-corrected chi connectivity index (χ0v) is 16.5. The summed E-state index contributed by atoms with van der Waals surface area (Å²) in [6.45, 7) is 4.71. The number of amides is 1. The number of carbonyl (C=O) groups excluding carboxylic acids is 1. The molecule has 1 heterocycles. The van der Waals surface area contributed by atoms with Crippen molar-refractivity contribution in [3.63, 3.8) is 0 Å². The van der Waals surface area contributed by atoms with Crippen molar-refractivity contribution in [2.24, 2.45) is 0 Å². The van der Waals surface area contributed by atoms with Crippen molar-refractivity contribution in [1.29, 1.82) is 5.26 Å². The lowest BCUT2D eigenvalue weighted by Gasteiger charge is -2.19. The SMILES string of the molecule is CC(C)(O)c1ccc(NC(=O)O[C@@H]2CCN(c3ccc(C#N)c(Cl)c3)C2)cc1. The molecule has 0 unspecified atom stereocenters. The van der Waals surface area contributed by atoms with E-state index < -0.39 is 11.7 Å². The van der Waals surface area contributed by atoms with Gasteiger partial charge < -0.3 is 14.7 Å². The van der Waals surface area contributed by atoms with Gasteiger partial charge in [0.1, 0.15) is 12.2 Å². The van der Waals surface area contributed by atoms with Crippen molar-refractivity contribution >= 4 is 29.1 Å². The first-order valence-corrected chi connectivity index (χ1v) is 9.39. The molecular formula is C21H22ClN3O3. The Labute approximate surface area is 169 Å². The third kappa shape index (κ3) is 4.75. The van der Waals surface area contributed by atoms with E-state index in [1.807, 2.05) is 12.1 Å². The van der Waals surface area contributed by atoms with E-state index in [9.17, 15) is 9.90 Å². The maximum Gasteiger partial charge on any atom is 0.411 e. The number of aliphatic hydroxyl groups is 1. The minimum absolute atomic E-state index is 0.231. The second kappa shape index (κ2) is 8.09. The number of rotatable bonds is 4. The summed E-state index contributed by atoms with van der Waals surface area (Å²) in [5, 5.41) is 22.1. The molecule has 1 aliphatic heterocycles. The summed E-state index contributed by atoms with van der Waals surface area (Å²) in [4.78, 5) is 14.2. The number of ether oxygens (including phenoxy) is 1. The first-order chi connectivity index (χ1) is 13.3. The molecule has 1 saturated heterocycles. The topological polar surface area (TPSA) is 85.6 Å². The van der Waals surface area contributed by atoms with Crippen molar-refractivity contribution in [3.05, 3.63) is 58.6 Å². The number of nitriles is 1. The number of benzene rings is 2. The second-order valence-corrected chi connectivity index (χ2v) is 7.71. The molecule has 0 saturated carbocycles. The fraction of sp³-hybridized carbons (Fsp3) is 0.333. The van der Waals surface area contributed by atoms with Gasteiger partial charge in [0.05, 0.1) is 22.7 Å². The molecule has 2 N–H and O–H groups in total. The Bertz CT molecular complexity index is 901. The molecule has 1 amide bonds. The Morgan fingerprint density at radius 2 is 2.04 bits per heavy atom. The maximum absolute atomic E-state index is 12.2. The molecule has 7 heteroatoms. The Hall–Kier alpha value is -2.75. The van der Waals surface area contributed by atoms with Gasteiger partial charge in [0.25, 0.3) is 0 Å². The molecule has 0 spiro atoms. The minimum Gasteiger partial charge on any atom is -0.444 e. The molecule has 1 aliphatic rings. The second-order valence-electron chi connectivity index (χ2n) is 7.30. The molecular weight excluding hydrogens is 378 g/mol. The van der Waals surface area contributed by atoms with Crippen LogP contribution in [0.15, 0.2) is 42.5 Å². The van der Waals surface area contributed by atoms with E-state index in [0.717, 1.165) is 17.8 Å². The fourth-order valence-electron chi connectivity index (χ4n) is 3.11. The van der Waals surface area contributed by atoms with E-state index in [1.165, 1.54) is 0 Å². The van der Waals surface area contributed by atoms with Crippen molar-refractivity contribution < 1.29 is 14.6 Å². The predicted octanol–water partition coefficient (Wildman–Crippen LogP) is 4.27. The third-order valence-corrected chi connectivity index (χ3v) is 5.01. The lowest BCUT2D eigenvalue weighted by atomic mass is 9.98. The smallest absolute Gasteiger partial charge is 0.411 e. The molecule has 0 bridgehead atoms. The summed E-state index contributed by atoms with van der Waals surface area (Å²) in [5.41, 5.74) is 1.77. The van der Waals surface area contributed by atoms with Gasteiger partial charge in [0.15, 0.2) is 0 Å². The summed E-state index contributed by atoms with van der Waals surface area (Å²) in [6, 6.07) is 14.3. The van der Waals surface area contributed by atoms with Crippen LogP contribution in [0.5, 0.6) is 0 Å². The molecule has 6 nitrogen and oxygen atoms in total. The monoisotopic (exact) mass is 399 g/mol. The molecule has 1 atom stereocenters. The van der Waals surface area contributed by atoms with Crippen molar-refractivity contribution in [3.8, 4) is 6.07 Å². The van der Waals surface area contributed by atoms with Crippen LogP contribution in [0.2, 0.25) is 5.02 Å². The van der Waals surface area contributed by atoms with Crippen LogP contribution in [-0.4, -0.2) is 30.4 Å². The lowest BCUT2D eigenvalue weighted by Crippen LogP contribution is -2.26. The average molecular weight is 400 g/mol. The van der Waals surface area contributed by atoms with E-state index in [-0.39, 0.29) is 6.10 Å². The molecule has 0 radical (unpaired) electrons. The first-order valence-electron chi connectivity index (χ1n) is 9.01. The zero-order valence-electron chi connectivity index (χ0n) is 15.8. The highest BCUT2D eigenvalue weighted by atomic mass is 35.5. The van der Waals surface area contributed by atoms with Crippen LogP contribution in [0.4, 0.5) is 16.2 Å². The number of hydrogen-bond acceptors (Lipinski definition) is 5.